The second-order valence-electron chi connectivity index (χ2n) is 14.5. The van der Waals surface area contributed by atoms with E-state index in [-0.39, 0.29) is 12.8 Å². The highest BCUT2D eigenvalue weighted by Gasteiger charge is 2.38. The molecule has 0 spiro atoms. The highest BCUT2D eigenvalue weighted by Crippen LogP contribution is 2.55. The molecule has 2 aliphatic heterocycles. The number of amides is 2. The van der Waals surface area contributed by atoms with Crippen LogP contribution in [0.2, 0.25) is 0 Å². The third-order valence-electron chi connectivity index (χ3n) is 8.15. The molecule has 1 N–H and O–H groups in total. The fourth-order valence-corrected chi connectivity index (χ4v) is 8.19. The van der Waals surface area contributed by atoms with Crippen LogP contribution in [0.25, 0.3) is 33.0 Å². The van der Waals surface area contributed by atoms with E-state index in [4.69, 9.17) is 18.3 Å². The van der Waals surface area contributed by atoms with Crippen molar-refractivity contribution in [2.24, 2.45) is 0 Å². The Balaban J connectivity index is 1.33. The quantitative estimate of drug-likeness (QED) is 0.133. The molecule has 4 bridgehead atoms. The summed E-state index contributed by atoms with van der Waals surface area (Å²) in [6, 6.07) is 15.8. The Hall–Kier alpha value is -3.57. The highest BCUT2D eigenvalue weighted by atomic mass is 31.2. The van der Waals surface area contributed by atoms with E-state index in [1.165, 1.54) is 0 Å². The Morgan fingerprint density at radius 2 is 1.33 bits per heavy atom. The van der Waals surface area contributed by atoms with Gasteiger partial charge in [-0.2, -0.15) is 0 Å². The predicted octanol–water partition coefficient (Wildman–Crippen LogP) is 6.60. The van der Waals surface area contributed by atoms with Crippen LogP contribution in [0.4, 0.5) is 0 Å². The molecule has 4 heterocycles. The van der Waals surface area contributed by atoms with Gasteiger partial charge in [-0.15, -0.1) is 0 Å². The van der Waals surface area contributed by atoms with Crippen LogP contribution in [0, 0.1) is 0 Å². The van der Waals surface area contributed by atoms with Crippen LogP contribution >= 0.6 is 7.82 Å². The Morgan fingerprint density at radius 3 is 1.85 bits per heavy atom. The number of likely N-dealkylation sites (N-methyl/N-ethyl adjacent to an activating group) is 1. The van der Waals surface area contributed by atoms with E-state index in [1.54, 1.807) is 0 Å². The zero-order chi connectivity index (χ0) is 34.4. The van der Waals surface area contributed by atoms with Crippen molar-refractivity contribution < 1.29 is 32.5 Å². The summed E-state index contributed by atoms with van der Waals surface area (Å²) >= 11 is 0. The summed E-state index contributed by atoms with van der Waals surface area (Å²) in [4.78, 5) is 28.7. The summed E-state index contributed by atoms with van der Waals surface area (Å²) in [5.41, 5.74) is 2.63. The highest BCUT2D eigenvalue weighted by molar-refractivity contribution is 7.48. The summed E-state index contributed by atoms with van der Waals surface area (Å²) in [5, 5.41) is 4.35. The van der Waals surface area contributed by atoms with Gasteiger partial charge in [0.25, 0.3) is 11.8 Å². The van der Waals surface area contributed by atoms with E-state index >= 15 is 0 Å². The molecular weight excluding hydrogens is 631 g/mol. The van der Waals surface area contributed by atoms with Crippen LogP contribution in [0.15, 0.2) is 60.9 Å². The molecule has 6 rings (SSSR count). The van der Waals surface area contributed by atoms with Gasteiger partial charge in [-0.3, -0.25) is 33.4 Å². The number of ether oxygens (including phenoxy) is 1. The molecule has 11 nitrogen and oxygen atoms in total. The van der Waals surface area contributed by atoms with Gasteiger partial charge in [0.15, 0.2) is 0 Å². The molecule has 0 fully saturated rings. The molecule has 2 amide bonds. The first-order valence-electron chi connectivity index (χ1n) is 16.3. The van der Waals surface area contributed by atoms with Crippen molar-refractivity contribution in [3.8, 4) is 0 Å². The summed E-state index contributed by atoms with van der Waals surface area (Å²) < 4.78 is 41.9. The fourth-order valence-electron chi connectivity index (χ4n) is 6.37. The largest absolute Gasteiger partial charge is 0.477 e. The molecule has 0 saturated carbocycles. The van der Waals surface area contributed by atoms with E-state index in [0.29, 0.717) is 54.9 Å². The predicted molar refractivity (Wildman–Crippen MR) is 186 cm³/mol. The van der Waals surface area contributed by atoms with Crippen LogP contribution in [0.1, 0.15) is 59.1 Å². The van der Waals surface area contributed by atoms with Gasteiger partial charge in [0, 0.05) is 65.0 Å². The van der Waals surface area contributed by atoms with Crippen molar-refractivity contribution >= 4 is 52.6 Å². The summed E-state index contributed by atoms with van der Waals surface area (Å²) in [5.74, 6) is -0.790. The first-order chi connectivity index (χ1) is 22.6. The third kappa shape index (κ3) is 7.37. The summed E-state index contributed by atoms with van der Waals surface area (Å²) in [7, 11) is -2.01. The van der Waals surface area contributed by atoms with Crippen LogP contribution in [0.5, 0.6) is 0 Å². The molecule has 2 aromatic heterocycles. The van der Waals surface area contributed by atoms with E-state index in [9.17, 15) is 14.2 Å². The van der Waals surface area contributed by atoms with Crippen molar-refractivity contribution in [2.75, 3.05) is 26.9 Å². The lowest BCUT2D eigenvalue weighted by atomic mass is 9.95. The van der Waals surface area contributed by atoms with Crippen molar-refractivity contribution in [3.63, 3.8) is 0 Å². The second-order valence-corrected chi connectivity index (χ2v) is 16.0. The Morgan fingerprint density at radius 1 is 0.833 bits per heavy atom. The number of aromatic nitrogens is 2. The number of nitrogens with zero attached hydrogens (tertiary/aromatic N) is 3. The minimum absolute atomic E-state index is 0.00552. The maximum atomic E-state index is 13.7. The molecule has 256 valence electrons. The molecule has 0 aliphatic carbocycles. The third-order valence-corrected chi connectivity index (χ3v) is 10.1. The zero-order valence-corrected chi connectivity index (χ0v) is 29.6. The molecular formula is C36H45N4O7P. The fraction of sp³-hybridized carbons (Fsp3) is 0.444. The van der Waals surface area contributed by atoms with Gasteiger partial charge in [-0.05, 0) is 67.1 Å². The van der Waals surface area contributed by atoms with Crippen LogP contribution in [-0.4, -0.2) is 70.1 Å². The molecule has 12 heteroatoms. The molecule has 0 unspecified atom stereocenters. The Kier molecular flexibility index (Phi) is 9.32. The van der Waals surface area contributed by atoms with Crippen LogP contribution < -0.4 is 5.32 Å². The van der Waals surface area contributed by atoms with Gasteiger partial charge >= 0.3 is 7.82 Å². The van der Waals surface area contributed by atoms with Gasteiger partial charge in [-0.25, -0.2) is 4.57 Å². The number of carbonyl (C=O) groups excluding carboxylic acids is 2. The maximum Gasteiger partial charge on any atom is 0.477 e. The maximum absolute atomic E-state index is 13.7. The first-order valence-corrected chi connectivity index (χ1v) is 17.8. The number of phosphoric acid groups is 1. The number of fused-ring (bicyclic) bond motifs is 12. The molecule has 0 radical (unpaired) electrons. The standard InChI is InChI=1S/C36H45N4O7P/c1-35(2,3)46-48(43,47-36(4,5)6)45-23-38(7)20-24-16-17-39-21-27(25-12-8-10-14-29(25)39)31-32(34(42)37-33(31)41)28-22-40(18-19-44-24)30-15-11-9-13-26(28)30/h8-15,21-22,24H,16-20,23H2,1-7H3,(H,37,41,42)/t24-/m0/s1. The number of rotatable bonds is 7. The normalized spacial score (nSPS) is 18.1. The molecule has 1 atom stereocenters. The number of para-hydroxylation sites is 2. The second kappa shape index (κ2) is 13.0. The van der Waals surface area contributed by atoms with E-state index in [0.717, 1.165) is 21.8 Å². The van der Waals surface area contributed by atoms with Crippen molar-refractivity contribution in [2.45, 2.75) is 78.4 Å². The van der Waals surface area contributed by atoms with E-state index in [2.05, 4.69) is 14.5 Å². The molecule has 2 aliphatic rings. The number of hydrogen-bond donors (Lipinski definition) is 1. The number of nitrogens with one attached hydrogen (secondary N) is 1. The van der Waals surface area contributed by atoms with Crippen LogP contribution in [-0.2, 0) is 45.6 Å². The smallest absolute Gasteiger partial charge is 0.375 e. The summed E-state index contributed by atoms with van der Waals surface area (Å²) in [6.07, 6.45) is 4.34. The average Bonchev–Trinajstić information content (AvgIpc) is 3.62. The average molecular weight is 677 g/mol. The van der Waals surface area contributed by atoms with Crippen LogP contribution in [0.3, 0.4) is 0 Å². The number of carbonyl (C=O) groups is 2. The lowest BCUT2D eigenvalue weighted by molar-refractivity contribution is -0.122. The monoisotopic (exact) mass is 676 g/mol. The molecule has 0 saturated heterocycles. The summed E-state index contributed by atoms with van der Waals surface area (Å²) in [6.45, 7) is 12.9. The number of aryl methyl sites for hydroxylation is 1. The zero-order valence-electron chi connectivity index (χ0n) is 28.7. The van der Waals surface area contributed by atoms with Crippen molar-refractivity contribution in [3.05, 3.63) is 72.1 Å². The number of imide groups is 1. The van der Waals surface area contributed by atoms with Gasteiger partial charge in [0.2, 0.25) is 0 Å². The first kappa shape index (κ1) is 34.3. The lowest BCUT2D eigenvalue weighted by Gasteiger charge is -2.32. The Labute approximate surface area is 281 Å². The number of phosphoric ester groups is 1. The minimum Gasteiger partial charge on any atom is -0.375 e. The van der Waals surface area contributed by atoms with Gasteiger partial charge < -0.3 is 13.9 Å². The topological polar surface area (TPSA) is 113 Å². The SMILES string of the molecule is CN(COP(=O)(OC(C)(C)C)OC(C)(C)C)C[C@@H]1CCn2cc(c3ccccc32)C2=C(C(=O)NC2=O)c2cn(c3ccccc23)CCO1. The van der Waals surface area contributed by atoms with E-state index in [1.807, 2.05) is 114 Å². The molecule has 48 heavy (non-hydrogen) atoms. The lowest BCUT2D eigenvalue weighted by Crippen LogP contribution is -2.34. The van der Waals surface area contributed by atoms with Gasteiger partial charge in [0.1, 0.15) is 6.73 Å². The minimum atomic E-state index is -3.89. The molecule has 4 aromatic rings. The van der Waals surface area contributed by atoms with Crippen molar-refractivity contribution in [1.82, 2.24) is 19.4 Å². The molecule has 2 aromatic carbocycles. The van der Waals surface area contributed by atoms with E-state index < -0.39 is 30.8 Å². The van der Waals surface area contributed by atoms with Gasteiger partial charge in [-0.1, -0.05) is 36.4 Å². The van der Waals surface area contributed by atoms with Gasteiger partial charge in [0.05, 0.1) is 35.1 Å². The van der Waals surface area contributed by atoms with Crippen molar-refractivity contribution in [1.29, 1.82) is 0 Å². The Bertz CT molecular complexity index is 1920. The number of hydrogen-bond acceptors (Lipinski definition) is 8. The number of benzene rings is 2.